The summed E-state index contributed by atoms with van der Waals surface area (Å²) >= 11 is 1.31. The van der Waals surface area contributed by atoms with Gasteiger partial charge in [0.15, 0.2) is 10.9 Å². The van der Waals surface area contributed by atoms with Crippen LogP contribution in [0.5, 0.6) is 0 Å². The van der Waals surface area contributed by atoms with Gasteiger partial charge in [-0.1, -0.05) is 42.1 Å². The van der Waals surface area contributed by atoms with Crippen LogP contribution in [-0.2, 0) is 16.1 Å². The molecule has 0 aliphatic heterocycles. The molecule has 3 aromatic rings. The number of hydrogen-bond donors (Lipinski definition) is 0. The zero-order valence-electron chi connectivity index (χ0n) is 15.0. The Morgan fingerprint density at radius 1 is 1.15 bits per heavy atom. The third kappa shape index (κ3) is 4.76. The molecule has 2 aromatic heterocycles. The van der Waals surface area contributed by atoms with E-state index in [-0.39, 0.29) is 11.7 Å². The lowest BCUT2D eigenvalue weighted by Crippen LogP contribution is -2.25. The Labute approximate surface area is 156 Å². The third-order valence-electron chi connectivity index (χ3n) is 3.38. The number of rotatable bonds is 6. The van der Waals surface area contributed by atoms with Crippen molar-refractivity contribution in [1.82, 2.24) is 14.8 Å². The molecule has 0 fully saturated rings. The molecular formula is C19H21N3O3S. The van der Waals surface area contributed by atoms with Crippen molar-refractivity contribution in [2.24, 2.45) is 0 Å². The number of thioether (sulfide) groups is 1. The second kappa shape index (κ2) is 7.78. The first kappa shape index (κ1) is 18.3. The van der Waals surface area contributed by atoms with Crippen molar-refractivity contribution >= 4 is 17.7 Å². The van der Waals surface area contributed by atoms with Crippen LogP contribution in [0.4, 0.5) is 0 Å². The van der Waals surface area contributed by atoms with Gasteiger partial charge >= 0.3 is 5.97 Å². The summed E-state index contributed by atoms with van der Waals surface area (Å²) < 4.78 is 12.8. The van der Waals surface area contributed by atoms with Gasteiger partial charge in [-0.05, 0) is 38.5 Å². The molecule has 0 radical (unpaired) electrons. The number of carbonyl (C=O) groups excluding carboxylic acids is 1. The zero-order chi connectivity index (χ0) is 18.6. The molecule has 0 bridgehead atoms. The summed E-state index contributed by atoms with van der Waals surface area (Å²) in [4.78, 5) is 12.0. The van der Waals surface area contributed by atoms with Gasteiger partial charge in [0, 0.05) is 0 Å². The minimum Gasteiger partial charge on any atom is -0.461 e. The molecule has 0 saturated heterocycles. The summed E-state index contributed by atoms with van der Waals surface area (Å²) in [6.07, 6.45) is 1.60. The lowest BCUT2D eigenvalue weighted by Gasteiger charge is -2.19. The monoisotopic (exact) mass is 371 g/mol. The first-order chi connectivity index (χ1) is 12.4. The van der Waals surface area contributed by atoms with Gasteiger partial charge in [-0.15, -0.1) is 10.2 Å². The fourth-order valence-electron chi connectivity index (χ4n) is 2.39. The Kier molecular flexibility index (Phi) is 5.46. The van der Waals surface area contributed by atoms with Crippen LogP contribution in [0, 0.1) is 0 Å². The minimum absolute atomic E-state index is 0.169. The topological polar surface area (TPSA) is 70.2 Å². The lowest BCUT2D eigenvalue weighted by molar-refractivity contribution is -0.151. The van der Waals surface area contributed by atoms with Gasteiger partial charge in [-0.2, -0.15) is 0 Å². The number of esters is 1. The number of furan rings is 1. The first-order valence-electron chi connectivity index (χ1n) is 8.28. The summed E-state index contributed by atoms with van der Waals surface area (Å²) in [6, 6.07) is 13.7. The predicted molar refractivity (Wildman–Crippen MR) is 99.8 cm³/mol. The molecular weight excluding hydrogens is 350 g/mol. The highest BCUT2D eigenvalue weighted by atomic mass is 32.2. The quantitative estimate of drug-likeness (QED) is 0.481. The maximum atomic E-state index is 12.0. The van der Waals surface area contributed by atoms with Gasteiger partial charge in [-0.25, -0.2) is 0 Å². The molecule has 0 spiro atoms. The Morgan fingerprint density at radius 2 is 1.92 bits per heavy atom. The maximum absolute atomic E-state index is 12.0. The van der Waals surface area contributed by atoms with E-state index in [0.29, 0.717) is 23.3 Å². The van der Waals surface area contributed by atoms with Gasteiger partial charge in [0.05, 0.1) is 18.6 Å². The SMILES string of the molecule is CC(C)(C)OC(=O)CSc1nnc(-c2ccco2)n1Cc1ccccc1. The van der Waals surface area contributed by atoms with Crippen LogP contribution < -0.4 is 0 Å². The van der Waals surface area contributed by atoms with Crippen molar-refractivity contribution in [2.45, 2.75) is 38.1 Å². The standard InChI is InChI=1S/C19H21N3O3S/c1-19(2,3)25-16(23)13-26-18-21-20-17(15-10-7-11-24-15)22(18)12-14-8-5-4-6-9-14/h4-11H,12-13H2,1-3H3. The molecule has 2 heterocycles. The van der Waals surface area contributed by atoms with E-state index in [4.69, 9.17) is 9.15 Å². The molecule has 0 N–H and O–H groups in total. The lowest BCUT2D eigenvalue weighted by atomic mass is 10.2. The van der Waals surface area contributed by atoms with Crippen molar-refractivity contribution in [3.05, 3.63) is 54.3 Å². The number of hydrogen-bond acceptors (Lipinski definition) is 6. The van der Waals surface area contributed by atoms with E-state index in [2.05, 4.69) is 10.2 Å². The van der Waals surface area contributed by atoms with E-state index in [1.165, 1.54) is 11.8 Å². The molecule has 0 amide bonds. The van der Waals surface area contributed by atoms with Gasteiger partial charge in [0.25, 0.3) is 0 Å². The minimum atomic E-state index is -0.505. The second-order valence-electron chi connectivity index (χ2n) is 6.73. The molecule has 136 valence electrons. The van der Waals surface area contributed by atoms with Crippen LogP contribution in [0.2, 0.25) is 0 Å². The van der Waals surface area contributed by atoms with Gasteiger partial charge in [0.1, 0.15) is 5.60 Å². The third-order valence-corrected chi connectivity index (χ3v) is 4.32. The van der Waals surface area contributed by atoms with Crippen LogP contribution >= 0.6 is 11.8 Å². The van der Waals surface area contributed by atoms with Crippen LogP contribution in [0.25, 0.3) is 11.6 Å². The molecule has 0 atom stereocenters. The molecule has 0 aliphatic rings. The summed E-state index contributed by atoms with van der Waals surface area (Å²) in [5, 5.41) is 9.14. The summed E-state index contributed by atoms with van der Waals surface area (Å²) in [5.74, 6) is 1.15. The Balaban J connectivity index is 1.82. The van der Waals surface area contributed by atoms with Crippen LogP contribution in [0.15, 0.2) is 58.3 Å². The molecule has 7 heteroatoms. The number of aromatic nitrogens is 3. The van der Waals surface area contributed by atoms with Crippen molar-refractivity contribution in [3.8, 4) is 11.6 Å². The van der Waals surface area contributed by atoms with Crippen LogP contribution in [0.1, 0.15) is 26.3 Å². The van der Waals surface area contributed by atoms with Crippen molar-refractivity contribution in [1.29, 1.82) is 0 Å². The highest BCUT2D eigenvalue weighted by Crippen LogP contribution is 2.26. The Morgan fingerprint density at radius 3 is 2.58 bits per heavy atom. The molecule has 0 aliphatic carbocycles. The van der Waals surface area contributed by atoms with Crippen molar-refractivity contribution in [2.75, 3.05) is 5.75 Å². The smallest absolute Gasteiger partial charge is 0.316 e. The number of carbonyl (C=O) groups is 1. The summed E-state index contributed by atoms with van der Waals surface area (Å²) in [6.45, 7) is 6.13. The summed E-state index contributed by atoms with van der Waals surface area (Å²) in [5.41, 5.74) is 0.605. The van der Waals surface area contributed by atoms with E-state index in [1.807, 2.05) is 67.8 Å². The first-order valence-corrected chi connectivity index (χ1v) is 9.26. The average molecular weight is 371 g/mol. The van der Waals surface area contributed by atoms with Gasteiger partial charge < -0.3 is 9.15 Å². The average Bonchev–Trinajstić information content (AvgIpc) is 3.22. The molecule has 26 heavy (non-hydrogen) atoms. The molecule has 0 unspecified atom stereocenters. The molecule has 1 aromatic carbocycles. The van der Waals surface area contributed by atoms with Crippen LogP contribution in [-0.4, -0.2) is 32.1 Å². The largest absolute Gasteiger partial charge is 0.461 e. The molecule has 3 rings (SSSR count). The highest BCUT2D eigenvalue weighted by Gasteiger charge is 2.20. The Bertz CT molecular complexity index is 852. The van der Waals surface area contributed by atoms with Crippen LogP contribution in [0.3, 0.4) is 0 Å². The van der Waals surface area contributed by atoms with E-state index >= 15 is 0 Å². The van der Waals surface area contributed by atoms with E-state index in [9.17, 15) is 4.79 Å². The second-order valence-corrected chi connectivity index (χ2v) is 7.67. The van der Waals surface area contributed by atoms with E-state index in [0.717, 1.165) is 5.56 Å². The van der Waals surface area contributed by atoms with Gasteiger partial charge in [-0.3, -0.25) is 9.36 Å². The van der Waals surface area contributed by atoms with E-state index < -0.39 is 5.60 Å². The number of benzene rings is 1. The molecule has 0 saturated carbocycles. The predicted octanol–water partition coefficient (Wildman–Crippen LogP) is 4.02. The normalized spacial score (nSPS) is 11.5. The Hall–Kier alpha value is -2.54. The van der Waals surface area contributed by atoms with Crippen molar-refractivity contribution in [3.63, 3.8) is 0 Å². The fourth-order valence-corrected chi connectivity index (χ4v) is 3.10. The van der Waals surface area contributed by atoms with Gasteiger partial charge in [0.2, 0.25) is 5.82 Å². The van der Waals surface area contributed by atoms with Crippen molar-refractivity contribution < 1.29 is 13.9 Å². The summed E-state index contributed by atoms with van der Waals surface area (Å²) in [7, 11) is 0. The molecule has 6 nitrogen and oxygen atoms in total. The maximum Gasteiger partial charge on any atom is 0.316 e. The number of ether oxygens (including phenoxy) is 1. The number of nitrogens with zero attached hydrogens (tertiary/aromatic N) is 3. The highest BCUT2D eigenvalue weighted by molar-refractivity contribution is 7.99. The fraction of sp³-hybridized carbons (Fsp3) is 0.316. The van der Waals surface area contributed by atoms with E-state index in [1.54, 1.807) is 6.26 Å². The zero-order valence-corrected chi connectivity index (χ0v) is 15.8.